The van der Waals surface area contributed by atoms with Crippen molar-refractivity contribution in [3.63, 3.8) is 0 Å². The maximum absolute atomic E-state index is 12.9. The number of para-hydroxylation sites is 1. The third kappa shape index (κ3) is 4.02. The van der Waals surface area contributed by atoms with Crippen LogP contribution in [0, 0.1) is 0 Å². The topological polar surface area (TPSA) is 80.9 Å². The molecule has 0 fully saturated rings. The molecule has 1 N–H and O–H groups in total. The van der Waals surface area contributed by atoms with Crippen LogP contribution < -0.4 is 5.32 Å². The van der Waals surface area contributed by atoms with Crippen molar-refractivity contribution in [1.29, 1.82) is 0 Å². The maximum Gasteiger partial charge on any atom is 0.260 e. The second-order valence-corrected chi connectivity index (χ2v) is 7.11. The molecule has 0 aliphatic rings. The summed E-state index contributed by atoms with van der Waals surface area (Å²) in [6.45, 7) is 0. The summed E-state index contributed by atoms with van der Waals surface area (Å²) in [5.74, 6) is 0.536. The lowest BCUT2D eigenvalue weighted by Crippen LogP contribution is -2.12. The van der Waals surface area contributed by atoms with E-state index in [9.17, 15) is 4.79 Å². The minimum Gasteiger partial charge on any atom is -0.334 e. The number of hydrogen-bond donors (Lipinski definition) is 1. The van der Waals surface area contributed by atoms with E-state index in [1.165, 1.54) is 0 Å². The smallest absolute Gasteiger partial charge is 0.260 e. The largest absolute Gasteiger partial charge is 0.334 e. The van der Waals surface area contributed by atoms with Crippen molar-refractivity contribution in [2.24, 2.45) is 0 Å². The van der Waals surface area contributed by atoms with Crippen LogP contribution in [-0.4, -0.2) is 21.0 Å². The van der Waals surface area contributed by atoms with Crippen LogP contribution in [0.15, 0.2) is 108 Å². The number of hydrogen-bond acceptors (Lipinski definition) is 5. The molecule has 6 heteroatoms. The van der Waals surface area contributed by atoms with Crippen molar-refractivity contribution in [1.82, 2.24) is 15.1 Å². The van der Waals surface area contributed by atoms with Gasteiger partial charge in [0.15, 0.2) is 0 Å². The minimum atomic E-state index is -0.218. The van der Waals surface area contributed by atoms with Gasteiger partial charge in [0.2, 0.25) is 5.82 Å². The fourth-order valence-electron chi connectivity index (χ4n) is 3.36. The zero-order valence-electron chi connectivity index (χ0n) is 17.0. The molecule has 32 heavy (non-hydrogen) atoms. The number of rotatable bonds is 5. The van der Waals surface area contributed by atoms with Gasteiger partial charge in [0.1, 0.15) is 0 Å². The van der Waals surface area contributed by atoms with E-state index in [1.807, 2.05) is 84.9 Å². The molecule has 1 amide bonds. The Hall–Kier alpha value is -4.58. The number of carbonyl (C=O) groups is 1. The minimum absolute atomic E-state index is 0.218. The molecule has 0 spiro atoms. The van der Waals surface area contributed by atoms with Gasteiger partial charge in [-0.1, -0.05) is 59.8 Å². The van der Waals surface area contributed by atoms with Crippen LogP contribution in [0.2, 0.25) is 0 Å². The summed E-state index contributed by atoms with van der Waals surface area (Å²) >= 11 is 0. The van der Waals surface area contributed by atoms with Gasteiger partial charge in [-0.15, -0.1) is 0 Å². The van der Waals surface area contributed by atoms with Gasteiger partial charge in [-0.2, -0.15) is 4.98 Å². The molecule has 0 atom stereocenters. The van der Waals surface area contributed by atoms with E-state index < -0.39 is 0 Å². The van der Waals surface area contributed by atoms with Crippen LogP contribution in [0.5, 0.6) is 0 Å². The Morgan fingerprint density at radius 1 is 0.750 bits per heavy atom. The molecule has 0 bridgehead atoms. The van der Waals surface area contributed by atoms with Crippen LogP contribution in [0.4, 0.5) is 5.69 Å². The van der Waals surface area contributed by atoms with Gasteiger partial charge in [0.05, 0.1) is 11.3 Å². The SMILES string of the molecule is O=C(Nc1ccccc1-c1nc(-c2cccnc2)no1)c1ccc(-c2ccccc2)cc1. The Labute approximate surface area is 184 Å². The van der Waals surface area contributed by atoms with Gasteiger partial charge in [0.25, 0.3) is 11.8 Å². The Morgan fingerprint density at radius 2 is 1.47 bits per heavy atom. The van der Waals surface area contributed by atoms with E-state index in [-0.39, 0.29) is 5.91 Å². The molecule has 0 saturated heterocycles. The highest BCUT2D eigenvalue weighted by molar-refractivity contribution is 6.06. The van der Waals surface area contributed by atoms with Crippen molar-refractivity contribution in [3.05, 3.63) is 109 Å². The quantitative estimate of drug-likeness (QED) is 0.395. The fourth-order valence-corrected chi connectivity index (χ4v) is 3.36. The first-order chi connectivity index (χ1) is 15.8. The van der Waals surface area contributed by atoms with Gasteiger partial charge >= 0.3 is 0 Å². The first kappa shape index (κ1) is 19.4. The van der Waals surface area contributed by atoms with Crippen molar-refractivity contribution < 1.29 is 9.32 Å². The summed E-state index contributed by atoms with van der Waals surface area (Å²) in [5, 5.41) is 7.00. The lowest BCUT2D eigenvalue weighted by molar-refractivity contribution is 0.102. The molecule has 2 aromatic heterocycles. The summed E-state index contributed by atoms with van der Waals surface area (Å²) in [4.78, 5) is 21.4. The average Bonchev–Trinajstić information content (AvgIpc) is 3.36. The van der Waals surface area contributed by atoms with Crippen LogP contribution >= 0.6 is 0 Å². The zero-order chi connectivity index (χ0) is 21.8. The van der Waals surface area contributed by atoms with Crippen molar-refractivity contribution in [3.8, 4) is 34.0 Å². The molecule has 5 rings (SSSR count). The highest BCUT2D eigenvalue weighted by Crippen LogP contribution is 2.29. The fraction of sp³-hybridized carbons (Fsp3) is 0. The highest BCUT2D eigenvalue weighted by atomic mass is 16.5. The first-order valence-electron chi connectivity index (χ1n) is 10.1. The Bertz CT molecular complexity index is 1350. The summed E-state index contributed by atoms with van der Waals surface area (Å²) in [6, 6.07) is 28.5. The third-order valence-corrected chi connectivity index (χ3v) is 5.01. The van der Waals surface area contributed by atoms with E-state index >= 15 is 0 Å². The van der Waals surface area contributed by atoms with Gasteiger partial charge in [-0.05, 0) is 47.5 Å². The second-order valence-electron chi connectivity index (χ2n) is 7.11. The molecule has 0 saturated carbocycles. The molecule has 0 unspecified atom stereocenters. The number of anilines is 1. The second kappa shape index (κ2) is 8.65. The number of pyridine rings is 1. The Kier molecular flexibility index (Phi) is 5.24. The summed E-state index contributed by atoms with van der Waals surface area (Å²) < 4.78 is 5.46. The highest BCUT2D eigenvalue weighted by Gasteiger charge is 2.16. The van der Waals surface area contributed by atoms with Crippen molar-refractivity contribution in [2.45, 2.75) is 0 Å². The molecule has 3 aromatic carbocycles. The standard InChI is InChI=1S/C26H18N4O2/c31-25(20-14-12-19(13-15-20)18-7-2-1-3-8-18)28-23-11-5-4-10-22(23)26-29-24(30-32-26)21-9-6-16-27-17-21/h1-17H,(H,28,31). The molecule has 0 radical (unpaired) electrons. The molecule has 6 nitrogen and oxygen atoms in total. The van der Waals surface area contributed by atoms with E-state index in [0.717, 1.165) is 16.7 Å². The predicted molar refractivity (Wildman–Crippen MR) is 123 cm³/mol. The van der Waals surface area contributed by atoms with E-state index in [0.29, 0.717) is 28.5 Å². The summed E-state index contributed by atoms with van der Waals surface area (Å²) in [5.41, 5.74) is 4.70. The lowest BCUT2D eigenvalue weighted by atomic mass is 10.0. The van der Waals surface area contributed by atoms with Crippen LogP contribution in [0.3, 0.4) is 0 Å². The number of carbonyl (C=O) groups excluding carboxylic acids is 1. The summed E-state index contributed by atoms with van der Waals surface area (Å²) in [6.07, 6.45) is 3.35. The van der Waals surface area contributed by atoms with Gasteiger partial charge in [0, 0.05) is 23.5 Å². The van der Waals surface area contributed by atoms with E-state index in [1.54, 1.807) is 18.5 Å². The van der Waals surface area contributed by atoms with Gasteiger partial charge < -0.3 is 9.84 Å². The average molecular weight is 418 g/mol. The number of nitrogens with one attached hydrogen (secondary N) is 1. The number of nitrogens with zero attached hydrogens (tertiary/aromatic N) is 3. The molecule has 0 aliphatic carbocycles. The predicted octanol–water partition coefficient (Wildman–Crippen LogP) is 5.72. The molecule has 5 aromatic rings. The monoisotopic (exact) mass is 418 g/mol. The summed E-state index contributed by atoms with van der Waals surface area (Å²) in [7, 11) is 0. The van der Waals surface area contributed by atoms with Crippen LogP contribution in [-0.2, 0) is 0 Å². The zero-order valence-corrected chi connectivity index (χ0v) is 17.0. The molecular formula is C26H18N4O2. The molecule has 0 aliphatic heterocycles. The first-order valence-corrected chi connectivity index (χ1v) is 10.1. The number of amides is 1. The normalized spacial score (nSPS) is 10.6. The molecular weight excluding hydrogens is 400 g/mol. The van der Waals surface area contributed by atoms with Gasteiger partial charge in [-0.3, -0.25) is 9.78 Å². The molecule has 2 heterocycles. The third-order valence-electron chi connectivity index (χ3n) is 5.01. The lowest BCUT2D eigenvalue weighted by Gasteiger charge is -2.09. The van der Waals surface area contributed by atoms with E-state index in [2.05, 4.69) is 20.4 Å². The van der Waals surface area contributed by atoms with Crippen LogP contribution in [0.25, 0.3) is 34.0 Å². The van der Waals surface area contributed by atoms with Crippen molar-refractivity contribution >= 4 is 11.6 Å². The Balaban J connectivity index is 1.38. The molecule has 154 valence electrons. The Morgan fingerprint density at radius 3 is 2.25 bits per heavy atom. The van der Waals surface area contributed by atoms with Gasteiger partial charge in [-0.25, -0.2) is 0 Å². The maximum atomic E-state index is 12.9. The number of aromatic nitrogens is 3. The van der Waals surface area contributed by atoms with E-state index in [4.69, 9.17) is 4.52 Å². The number of benzene rings is 3. The van der Waals surface area contributed by atoms with Crippen LogP contribution in [0.1, 0.15) is 10.4 Å². The van der Waals surface area contributed by atoms with Crippen molar-refractivity contribution in [2.75, 3.05) is 5.32 Å².